The molecule has 35 heavy (non-hydrogen) atoms. The molecule has 2 heterocycles. The highest BCUT2D eigenvalue weighted by atomic mass is 16.6. The van der Waals surface area contributed by atoms with E-state index in [1.807, 2.05) is 13.8 Å². The van der Waals surface area contributed by atoms with E-state index in [-0.39, 0.29) is 24.1 Å². The Balaban J connectivity index is 1.55. The van der Waals surface area contributed by atoms with Crippen molar-refractivity contribution in [1.82, 2.24) is 0 Å². The molecule has 8 heteroatoms. The van der Waals surface area contributed by atoms with Crippen molar-refractivity contribution in [1.29, 1.82) is 0 Å². The molecular weight excluding hydrogens is 452 g/mol. The molecule has 0 saturated heterocycles. The predicted molar refractivity (Wildman–Crippen MR) is 130 cm³/mol. The molecule has 0 atom stereocenters. The highest BCUT2D eigenvalue weighted by molar-refractivity contribution is 5.84. The third kappa shape index (κ3) is 5.37. The summed E-state index contributed by atoms with van der Waals surface area (Å²) in [5, 5.41) is 0.621. The number of carbonyl (C=O) groups is 1. The van der Waals surface area contributed by atoms with Gasteiger partial charge in [-0.05, 0) is 24.3 Å². The molecular formula is C27H26O8. The van der Waals surface area contributed by atoms with Crippen LogP contribution < -0.4 is 20.3 Å². The first-order chi connectivity index (χ1) is 16.9. The van der Waals surface area contributed by atoms with Crippen LogP contribution in [-0.4, -0.2) is 25.3 Å². The number of benzene rings is 2. The molecule has 0 aliphatic carbocycles. The monoisotopic (exact) mass is 478 g/mol. The summed E-state index contributed by atoms with van der Waals surface area (Å²) in [5.74, 6) is 1.27. The molecule has 0 radical (unpaired) electrons. The molecule has 0 aliphatic rings. The third-order valence-electron chi connectivity index (χ3n) is 5.41. The lowest BCUT2D eigenvalue weighted by Gasteiger charge is -2.19. The fraction of sp³-hybridized carbons (Fsp3) is 0.296. The molecule has 0 spiro atoms. The smallest absolute Gasteiger partial charge is 0.303 e. The Labute approximate surface area is 201 Å². The Morgan fingerprint density at radius 3 is 1.66 bits per heavy atom. The van der Waals surface area contributed by atoms with E-state index < -0.39 is 12.1 Å². The van der Waals surface area contributed by atoms with Crippen LogP contribution in [0.3, 0.4) is 0 Å². The van der Waals surface area contributed by atoms with E-state index in [2.05, 4.69) is 0 Å². The maximum Gasteiger partial charge on any atom is 0.303 e. The molecule has 0 amide bonds. The predicted octanol–water partition coefficient (Wildman–Crippen LogP) is 4.41. The number of esters is 1. The second kappa shape index (κ2) is 10.5. The summed E-state index contributed by atoms with van der Waals surface area (Å²) in [6.07, 6.45) is 0.380. The molecule has 0 N–H and O–H groups in total. The Kier molecular flexibility index (Phi) is 7.19. The molecule has 0 bridgehead atoms. The number of hydrogen-bond acceptors (Lipinski definition) is 8. The van der Waals surface area contributed by atoms with Crippen LogP contribution in [0.25, 0.3) is 21.9 Å². The summed E-state index contributed by atoms with van der Waals surface area (Å²) in [6, 6.07) is 13.0. The van der Waals surface area contributed by atoms with Crippen molar-refractivity contribution in [3.05, 3.63) is 80.5 Å². The summed E-state index contributed by atoms with van der Waals surface area (Å²) in [4.78, 5) is 36.9. The molecule has 0 fully saturated rings. The summed E-state index contributed by atoms with van der Waals surface area (Å²) in [5.41, 5.74) is 0.406. The van der Waals surface area contributed by atoms with Gasteiger partial charge in [-0.2, -0.15) is 0 Å². The SMILES string of the molecule is CCc1cc(=O)c2c(OCC(COc3cccc4oc(CC)cc(=O)c34)OC(C)=O)cccc2o1. The first kappa shape index (κ1) is 24.1. The summed E-state index contributed by atoms with van der Waals surface area (Å²) < 4.78 is 28.6. The first-order valence-electron chi connectivity index (χ1n) is 11.4. The van der Waals surface area contributed by atoms with Gasteiger partial charge in [-0.15, -0.1) is 0 Å². The third-order valence-corrected chi connectivity index (χ3v) is 5.41. The minimum Gasteiger partial charge on any atom is -0.489 e. The highest BCUT2D eigenvalue weighted by Gasteiger charge is 2.18. The van der Waals surface area contributed by atoms with E-state index >= 15 is 0 Å². The Hall–Kier alpha value is -4.07. The summed E-state index contributed by atoms with van der Waals surface area (Å²) in [7, 11) is 0. The number of rotatable bonds is 9. The van der Waals surface area contributed by atoms with Gasteiger partial charge in [0.2, 0.25) is 0 Å². The zero-order valence-corrected chi connectivity index (χ0v) is 19.8. The summed E-state index contributed by atoms with van der Waals surface area (Å²) in [6.45, 7) is 4.93. The average Bonchev–Trinajstić information content (AvgIpc) is 2.84. The van der Waals surface area contributed by atoms with Crippen LogP contribution in [0.1, 0.15) is 32.3 Å². The van der Waals surface area contributed by atoms with Gasteiger partial charge in [-0.25, -0.2) is 0 Å². The van der Waals surface area contributed by atoms with Gasteiger partial charge in [0, 0.05) is 31.9 Å². The van der Waals surface area contributed by atoms with Gasteiger partial charge in [0.05, 0.1) is 0 Å². The molecule has 0 unspecified atom stereocenters. The lowest BCUT2D eigenvalue weighted by molar-refractivity contribution is -0.149. The largest absolute Gasteiger partial charge is 0.489 e. The van der Waals surface area contributed by atoms with Crippen LogP contribution in [0.2, 0.25) is 0 Å². The lowest BCUT2D eigenvalue weighted by Crippen LogP contribution is -2.30. The van der Waals surface area contributed by atoms with E-state index in [1.165, 1.54) is 19.1 Å². The van der Waals surface area contributed by atoms with Crippen LogP contribution in [0, 0.1) is 0 Å². The highest BCUT2D eigenvalue weighted by Crippen LogP contribution is 2.25. The van der Waals surface area contributed by atoms with Gasteiger partial charge < -0.3 is 23.0 Å². The second-order valence-electron chi connectivity index (χ2n) is 7.97. The van der Waals surface area contributed by atoms with Gasteiger partial charge in [-0.1, -0.05) is 26.0 Å². The van der Waals surface area contributed by atoms with Gasteiger partial charge >= 0.3 is 5.97 Å². The van der Waals surface area contributed by atoms with Crippen molar-refractivity contribution in [2.75, 3.05) is 13.2 Å². The van der Waals surface area contributed by atoms with Crippen molar-refractivity contribution in [3.63, 3.8) is 0 Å². The lowest BCUT2D eigenvalue weighted by atomic mass is 10.2. The minimum atomic E-state index is -0.804. The molecule has 2 aromatic heterocycles. The fourth-order valence-corrected chi connectivity index (χ4v) is 3.76. The standard InChI is InChI=1S/C27H26O8/c1-4-17-12-20(29)26-22(8-6-10-24(26)34-17)31-14-19(33-16(3)28)15-32-23-9-7-11-25-27(23)21(30)13-18(5-2)35-25/h6-13,19H,4-5,14-15H2,1-3H3. The van der Waals surface area contributed by atoms with E-state index in [0.29, 0.717) is 57.8 Å². The number of fused-ring (bicyclic) bond motifs is 2. The van der Waals surface area contributed by atoms with Gasteiger partial charge in [0.25, 0.3) is 0 Å². The molecule has 2 aromatic carbocycles. The topological polar surface area (TPSA) is 105 Å². The first-order valence-corrected chi connectivity index (χ1v) is 11.4. The minimum absolute atomic E-state index is 0.0764. The van der Waals surface area contributed by atoms with Crippen LogP contribution >= 0.6 is 0 Å². The van der Waals surface area contributed by atoms with Crippen molar-refractivity contribution in [2.45, 2.75) is 39.7 Å². The van der Waals surface area contributed by atoms with Crippen molar-refractivity contribution < 1.29 is 27.8 Å². The van der Waals surface area contributed by atoms with Gasteiger partial charge in [-0.3, -0.25) is 14.4 Å². The second-order valence-corrected chi connectivity index (χ2v) is 7.97. The van der Waals surface area contributed by atoms with Gasteiger partial charge in [0.1, 0.15) is 58.2 Å². The van der Waals surface area contributed by atoms with E-state index in [9.17, 15) is 14.4 Å². The van der Waals surface area contributed by atoms with E-state index in [0.717, 1.165) is 0 Å². The maximum atomic E-state index is 12.6. The van der Waals surface area contributed by atoms with Crippen molar-refractivity contribution in [3.8, 4) is 11.5 Å². The molecule has 4 rings (SSSR count). The van der Waals surface area contributed by atoms with E-state index in [4.69, 9.17) is 23.0 Å². The van der Waals surface area contributed by atoms with Crippen LogP contribution in [0.4, 0.5) is 0 Å². The molecule has 4 aromatic rings. The molecule has 182 valence electrons. The summed E-state index contributed by atoms with van der Waals surface area (Å²) >= 11 is 0. The maximum absolute atomic E-state index is 12.6. The van der Waals surface area contributed by atoms with Crippen molar-refractivity contribution >= 4 is 27.9 Å². The molecule has 0 aliphatic heterocycles. The fourth-order valence-electron chi connectivity index (χ4n) is 3.76. The average molecular weight is 478 g/mol. The Bertz CT molecular complexity index is 1380. The quantitative estimate of drug-likeness (QED) is 0.326. The number of hydrogen-bond donors (Lipinski definition) is 0. The zero-order chi connectivity index (χ0) is 24.9. The van der Waals surface area contributed by atoms with Crippen LogP contribution in [0.5, 0.6) is 11.5 Å². The Morgan fingerprint density at radius 2 is 1.26 bits per heavy atom. The molecule has 0 saturated carbocycles. The zero-order valence-electron chi connectivity index (χ0n) is 19.8. The number of ether oxygens (including phenoxy) is 3. The van der Waals surface area contributed by atoms with Crippen molar-refractivity contribution in [2.24, 2.45) is 0 Å². The Morgan fingerprint density at radius 1 is 0.800 bits per heavy atom. The number of aryl methyl sites for hydroxylation is 2. The normalized spacial score (nSPS) is 11.2. The van der Waals surface area contributed by atoms with Crippen LogP contribution in [0.15, 0.2) is 67.0 Å². The van der Waals surface area contributed by atoms with E-state index in [1.54, 1.807) is 36.4 Å². The number of carbonyl (C=O) groups excluding carboxylic acids is 1. The van der Waals surface area contributed by atoms with Gasteiger partial charge in [0.15, 0.2) is 17.0 Å². The van der Waals surface area contributed by atoms with Crippen LogP contribution in [-0.2, 0) is 22.4 Å². The molecule has 8 nitrogen and oxygen atoms in total.